The molecule has 0 saturated heterocycles. The monoisotopic (exact) mass is 186 g/mol. The van der Waals surface area contributed by atoms with E-state index in [2.05, 4.69) is 15.0 Å². The lowest BCUT2D eigenvalue weighted by molar-refractivity contribution is 0.572. The average Bonchev–Trinajstić information content (AvgIpc) is 2.87. The van der Waals surface area contributed by atoms with Crippen LogP contribution in [0.25, 0.3) is 22.4 Å². The second-order valence-electron chi connectivity index (χ2n) is 2.90. The molecule has 3 aromatic rings. The molecule has 2 heterocycles. The van der Waals surface area contributed by atoms with E-state index in [1.165, 1.54) is 6.39 Å². The lowest BCUT2D eigenvalue weighted by Crippen LogP contribution is -1.74. The van der Waals surface area contributed by atoms with E-state index in [0.29, 0.717) is 22.9 Å². The zero-order chi connectivity index (χ0) is 10.3. The highest BCUT2D eigenvalue weighted by Gasteiger charge is 2.03. The van der Waals surface area contributed by atoms with Gasteiger partial charge in [-0.05, 0) is 18.2 Å². The molecule has 0 unspecified atom stereocenters. The van der Waals surface area contributed by atoms with Gasteiger partial charge in [0, 0.05) is 5.56 Å². The van der Waals surface area contributed by atoms with Crippen LogP contribution in [0.1, 0.15) is 1.37 Å². The number of fused-ring (bicyclic) bond motifs is 1. The highest BCUT2D eigenvalue weighted by atomic mass is 16.3. The highest BCUT2D eigenvalue weighted by molar-refractivity contribution is 5.80. The van der Waals surface area contributed by atoms with Gasteiger partial charge in [-0.3, -0.25) is 0 Å². The fraction of sp³-hybridized carbons (Fsp3) is 0. The van der Waals surface area contributed by atoms with E-state index in [1.807, 2.05) is 12.1 Å². The van der Waals surface area contributed by atoms with Crippen LogP contribution in [0, 0.1) is 0 Å². The average molecular weight is 186 g/mol. The Hall–Kier alpha value is -2.10. The molecule has 0 atom stereocenters. The largest absolute Gasteiger partial charge is 0.444 e. The van der Waals surface area contributed by atoms with E-state index in [0.717, 1.165) is 5.52 Å². The van der Waals surface area contributed by atoms with Gasteiger partial charge < -0.3 is 9.40 Å². The van der Waals surface area contributed by atoms with Gasteiger partial charge in [0.05, 0.1) is 24.9 Å². The topological polar surface area (TPSA) is 54.7 Å². The van der Waals surface area contributed by atoms with Crippen molar-refractivity contribution in [2.45, 2.75) is 0 Å². The number of rotatable bonds is 1. The predicted molar refractivity (Wildman–Crippen MR) is 51.6 cm³/mol. The van der Waals surface area contributed by atoms with Crippen molar-refractivity contribution in [3.05, 3.63) is 37.1 Å². The maximum Gasteiger partial charge on any atom is 0.181 e. The third-order valence-electron chi connectivity index (χ3n) is 2.03. The number of nitrogens with one attached hydrogen (secondary N) is 1. The van der Waals surface area contributed by atoms with Gasteiger partial charge in [-0.15, -0.1) is 0 Å². The van der Waals surface area contributed by atoms with Crippen LogP contribution in [0.15, 0.2) is 41.5 Å². The number of aromatic amines is 1. The second kappa shape index (κ2) is 2.70. The lowest BCUT2D eigenvalue weighted by atomic mass is 10.1. The summed E-state index contributed by atoms with van der Waals surface area (Å²) in [5, 5.41) is 0. The number of hydrogen-bond donors (Lipinski definition) is 1. The van der Waals surface area contributed by atoms with E-state index in [-0.39, 0.29) is 0 Å². The predicted octanol–water partition coefficient (Wildman–Crippen LogP) is 2.22. The summed E-state index contributed by atoms with van der Waals surface area (Å²) in [4.78, 5) is 10.8. The lowest BCUT2D eigenvalue weighted by Gasteiger charge is -1.94. The van der Waals surface area contributed by atoms with Gasteiger partial charge in [-0.1, -0.05) is 0 Å². The first-order valence-electron chi connectivity index (χ1n) is 4.68. The molecule has 4 nitrogen and oxygen atoms in total. The minimum absolute atomic E-state index is 0.377. The summed E-state index contributed by atoms with van der Waals surface area (Å²) in [6.07, 6.45) is 4.52. The number of hydrogen-bond acceptors (Lipinski definition) is 3. The van der Waals surface area contributed by atoms with Gasteiger partial charge in [-0.25, -0.2) is 9.97 Å². The molecule has 0 aliphatic carbocycles. The first-order valence-corrected chi connectivity index (χ1v) is 4.18. The van der Waals surface area contributed by atoms with Crippen LogP contribution in [-0.4, -0.2) is 15.0 Å². The molecule has 0 saturated carbocycles. The van der Waals surface area contributed by atoms with Crippen LogP contribution in [-0.2, 0) is 0 Å². The summed E-state index contributed by atoms with van der Waals surface area (Å²) >= 11 is 0. The molecule has 0 spiro atoms. The number of benzene rings is 1. The summed E-state index contributed by atoms with van der Waals surface area (Å²) in [6.45, 7) is 0. The molecule has 0 amide bonds. The quantitative estimate of drug-likeness (QED) is 0.633. The minimum atomic E-state index is 0.377. The number of oxazole rings is 1. The number of aromatic nitrogens is 3. The van der Waals surface area contributed by atoms with Crippen LogP contribution in [0.2, 0.25) is 0 Å². The second-order valence-corrected chi connectivity index (χ2v) is 2.90. The molecule has 0 aliphatic heterocycles. The van der Waals surface area contributed by atoms with E-state index < -0.39 is 0 Å². The summed E-state index contributed by atoms with van der Waals surface area (Å²) in [7, 11) is 0. The number of nitrogens with zero attached hydrogens (tertiary/aromatic N) is 2. The Morgan fingerprint density at radius 3 is 3.29 bits per heavy atom. The van der Waals surface area contributed by atoms with Crippen molar-refractivity contribution in [2.75, 3.05) is 0 Å². The van der Waals surface area contributed by atoms with E-state index in [1.54, 1.807) is 12.5 Å². The molecule has 1 aromatic carbocycles. The Morgan fingerprint density at radius 1 is 1.43 bits per heavy atom. The molecule has 0 radical (unpaired) electrons. The number of imidazole rings is 1. The van der Waals surface area contributed by atoms with Crippen molar-refractivity contribution in [1.82, 2.24) is 15.0 Å². The SMILES string of the molecule is [2H]c1c(-c2cnco2)ccc2nc[nH]c12. The Bertz CT molecular complexity index is 600. The van der Waals surface area contributed by atoms with Crippen LogP contribution in [0.3, 0.4) is 0 Å². The molecule has 4 heteroatoms. The molecule has 3 rings (SSSR count). The van der Waals surface area contributed by atoms with Crippen LogP contribution < -0.4 is 0 Å². The standard InChI is InChI=1S/C10H7N3O/c1-2-8-9(13-5-12-8)3-7(1)10-4-11-6-14-10/h1-6H,(H,12,13)/i3D. The summed E-state index contributed by atoms with van der Waals surface area (Å²) in [5.41, 5.74) is 2.21. The summed E-state index contributed by atoms with van der Waals surface area (Å²) in [6, 6.07) is 4.04. The molecule has 1 N–H and O–H groups in total. The van der Waals surface area contributed by atoms with Crippen LogP contribution in [0.5, 0.6) is 0 Å². The van der Waals surface area contributed by atoms with Gasteiger partial charge in [0.15, 0.2) is 12.2 Å². The first kappa shape index (κ1) is 6.37. The molecule has 0 bridgehead atoms. The van der Waals surface area contributed by atoms with Crippen LogP contribution in [0.4, 0.5) is 0 Å². The molecule has 0 fully saturated rings. The zero-order valence-electron chi connectivity index (χ0n) is 8.19. The van der Waals surface area contributed by atoms with E-state index >= 15 is 0 Å². The molecule has 14 heavy (non-hydrogen) atoms. The third kappa shape index (κ3) is 1.01. The maximum absolute atomic E-state index is 7.97. The van der Waals surface area contributed by atoms with Gasteiger partial charge in [-0.2, -0.15) is 0 Å². The third-order valence-corrected chi connectivity index (χ3v) is 2.03. The summed E-state index contributed by atoms with van der Waals surface area (Å²) in [5.74, 6) is 0.594. The minimum Gasteiger partial charge on any atom is -0.444 e. The fourth-order valence-electron chi connectivity index (χ4n) is 1.36. The zero-order valence-corrected chi connectivity index (χ0v) is 7.19. The normalized spacial score (nSPS) is 11.9. The van der Waals surface area contributed by atoms with Gasteiger partial charge >= 0.3 is 0 Å². The Morgan fingerprint density at radius 2 is 2.43 bits per heavy atom. The van der Waals surface area contributed by atoms with Crippen molar-refractivity contribution >= 4 is 11.0 Å². The van der Waals surface area contributed by atoms with Gasteiger partial charge in [0.25, 0.3) is 0 Å². The van der Waals surface area contributed by atoms with Gasteiger partial charge in [0.1, 0.15) is 0 Å². The van der Waals surface area contributed by atoms with Crippen LogP contribution >= 0.6 is 0 Å². The first-order chi connectivity index (χ1) is 7.36. The maximum atomic E-state index is 7.97. The van der Waals surface area contributed by atoms with Crippen molar-refractivity contribution in [3.63, 3.8) is 0 Å². The van der Waals surface area contributed by atoms with Crippen molar-refractivity contribution in [1.29, 1.82) is 0 Å². The molecular weight excluding hydrogens is 178 g/mol. The van der Waals surface area contributed by atoms with E-state index in [9.17, 15) is 0 Å². The fourth-order valence-corrected chi connectivity index (χ4v) is 1.36. The van der Waals surface area contributed by atoms with Crippen molar-refractivity contribution < 1.29 is 5.79 Å². The molecule has 2 aromatic heterocycles. The Labute approximate surface area is 81.0 Å². The molecule has 0 aliphatic rings. The molecule has 68 valence electrons. The number of H-pyrrole nitrogens is 1. The highest BCUT2D eigenvalue weighted by Crippen LogP contribution is 2.21. The van der Waals surface area contributed by atoms with Crippen molar-refractivity contribution in [3.8, 4) is 11.3 Å². The Balaban J connectivity index is 2.32. The summed E-state index contributed by atoms with van der Waals surface area (Å²) < 4.78 is 13.1. The van der Waals surface area contributed by atoms with Crippen molar-refractivity contribution in [2.24, 2.45) is 0 Å². The smallest absolute Gasteiger partial charge is 0.181 e. The molecular formula is C10H7N3O. The van der Waals surface area contributed by atoms with E-state index in [4.69, 9.17) is 5.79 Å². The Kier molecular flexibility index (Phi) is 1.23. The van der Waals surface area contributed by atoms with Gasteiger partial charge in [0.2, 0.25) is 0 Å².